The smallest absolute Gasteiger partial charge is 0.263 e. The molecule has 2 atom stereocenters. The van der Waals surface area contributed by atoms with Crippen LogP contribution in [0.2, 0.25) is 5.02 Å². The van der Waals surface area contributed by atoms with Crippen molar-refractivity contribution in [2.24, 2.45) is 5.92 Å². The van der Waals surface area contributed by atoms with E-state index in [1.54, 1.807) is 42.3 Å². The van der Waals surface area contributed by atoms with Gasteiger partial charge in [0.05, 0.1) is 5.92 Å². The number of aromatic nitrogens is 1. The van der Waals surface area contributed by atoms with Crippen LogP contribution in [0.4, 0.5) is 5.82 Å². The molecule has 148 valence electrons. The number of likely N-dealkylation sites (tertiary alicyclic amines) is 1. The topological polar surface area (TPSA) is 71.5 Å². The zero-order chi connectivity index (χ0) is 20.1. The summed E-state index contributed by atoms with van der Waals surface area (Å²) in [7, 11) is 0. The molecule has 7 heteroatoms. The maximum absolute atomic E-state index is 12.8. The number of carbonyl (C=O) groups is 2. The summed E-state index contributed by atoms with van der Waals surface area (Å²) < 4.78 is 5.73. The van der Waals surface area contributed by atoms with E-state index in [0.29, 0.717) is 29.7 Å². The molecule has 0 radical (unpaired) electrons. The Bertz CT molecular complexity index is 858. The van der Waals surface area contributed by atoms with E-state index >= 15 is 0 Å². The minimum absolute atomic E-state index is 0.109. The number of rotatable bonds is 5. The van der Waals surface area contributed by atoms with Gasteiger partial charge in [0.15, 0.2) is 6.10 Å². The van der Waals surface area contributed by atoms with Gasteiger partial charge in [-0.2, -0.15) is 0 Å². The highest BCUT2D eigenvalue weighted by molar-refractivity contribution is 6.30. The van der Waals surface area contributed by atoms with Crippen LogP contribution in [0.15, 0.2) is 42.6 Å². The monoisotopic (exact) mass is 401 g/mol. The van der Waals surface area contributed by atoms with Crippen molar-refractivity contribution >= 4 is 29.2 Å². The average Bonchev–Trinajstić information content (AvgIpc) is 2.69. The minimum Gasteiger partial charge on any atom is -0.481 e. The molecule has 0 spiro atoms. The van der Waals surface area contributed by atoms with Crippen LogP contribution >= 0.6 is 11.6 Å². The number of ether oxygens (including phenoxy) is 1. The number of nitrogens with one attached hydrogen (secondary N) is 1. The minimum atomic E-state index is -0.654. The Balaban J connectivity index is 1.59. The molecule has 6 nitrogen and oxygen atoms in total. The van der Waals surface area contributed by atoms with Gasteiger partial charge in [0, 0.05) is 24.3 Å². The van der Waals surface area contributed by atoms with Gasteiger partial charge in [-0.05, 0) is 56.5 Å². The Morgan fingerprint density at radius 2 is 2.14 bits per heavy atom. The molecule has 0 saturated carbocycles. The lowest BCUT2D eigenvalue weighted by molar-refractivity contribution is -0.140. The van der Waals surface area contributed by atoms with Crippen LogP contribution in [0.25, 0.3) is 0 Å². The molecule has 1 N–H and O–H groups in total. The van der Waals surface area contributed by atoms with Gasteiger partial charge in [-0.1, -0.05) is 23.7 Å². The number of halogens is 1. The third-order valence-corrected chi connectivity index (χ3v) is 5.05. The molecule has 2 amide bonds. The molecule has 1 aromatic carbocycles. The highest BCUT2D eigenvalue weighted by Crippen LogP contribution is 2.22. The quantitative estimate of drug-likeness (QED) is 0.829. The molecule has 2 unspecified atom stereocenters. The van der Waals surface area contributed by atoms with Crippen LogP contribution in [0.1, 0.15) is 25.3 Å². The summed E-state index contributed by atoms with van der Waals surface area (Å²) >= 11 is 5.96. The third kappa shape index (κ3) is 5.01. The molecule has 28 heavy (non-hydrogen) atoms. The van der Waals surface area contributed by atoms with Crippen molar-refractivity contribution in [1.29, 1.82) is 0 Å². The summed E-state index contributed by atoms with van der Waals surface area (Å²) in [4.78, 5) is 31.4. The maximum Gasteiger partial charge on any atom is 0.263 e. The van der Waals surface area contributed by atoms with Crippen molar-refractivity contribution in [2.75, 3.05) is 18.4 Å². The molecule has 1 aliphatic heterocycles. The second kappa shape index (κ2) is 9.06. The number of nitrogens with zero attached hydrogens (tertiary/aromatic N) is 2. The van der Waals surface area contributed by atoms with E-state index in [1.807, 2.05) is 19.1 Å². The van der Waals surface area contributed by atoms with E-state index < -0.39 is 6.10 Å². The maximum atomic E-state index is 12.8. The molecule has 1 aliphatic rings. The zero-order valence-corrected chi connectivity index (χ0v) is 16.8. The van der Waals surface area contributed by atoms with E-state index in [1.165, 1.54) is 0 Å². The average molecular weight is 402 g/mol. The molecule has 2 aromatic rings. The molecule has 0 aliphatic carbocycles. The first-order valence-electron chi connectivity index (χ1n) is 9.37. The van der Waals surface area contributed by atoms with Gasteiger partial charge in [0.2, 0.25) is 5.91 Å². The van der Waals surface area contributed by atoms with E-state index in [2.05, 4.69) is 10.3 Å². The Hall–Kier alpha value is -2.60. The highest BCUT2D eigenvalue weighted by atomic mass is 35.5. The van der Waals surface area contributed by atoms with Crippen molar-refractivity contribution < 1.29 is 14.3 Å². The number of aryl methyl sites for hydroxylation is 1. The van der Waals surface area contributed by atoms with Crippen LogP contribution in [-0.4, -0.2) is 40.9 Å². The number of carbonyl (C=O) groups excluding carboxylic acids is 2. The first-order valence-corrected chi connectivity index (χ1v) is 9.75. The summed E-state index contributed by atoms with van der Waals surface area (Å²) in [5.74, 6) is 0.602. The van der Waals surface area contributed by atoms with Gasteiger partial charge < -0.3 is 15.0 Å². The first-order chi connectivity index (χ1) is 13.4. The summed E-state index contributed by atoms with van der Waals surface area (Å²) in [6.45, 7) is 4.60. The van der Waals surface area contributed by atoms with Gasteiger partial charge >= 0.3 is 0 Å². The Labute approximate surface area is 169 Å². The van der Waals surface area contributed by atoms with Crippen LogP contribution in [0, 0.1) is 12.8 Å². The molecule has 1 fully saturated rings. The van der Waals surface area contributed by atoms with E-state index in [9.17, 15) is 9.59 Å². The van der Waals surface area contributed by atoms with Gasteiger partial charge in [-0.25, -0.2) is 4.98 Å². The van der Waals surface area contributed by atoms with Gasteiger partial charge in [0.1, 0.15) is 11.6 Å². The lowest BCUT2D eigenvalue weighted by Crippen LogP contribution is -2.48. The number of benzene rings is 1. The molecular formula is C21H24ClN3O3. The summed E-state index contributed by atoms with van der Waals surface area (Å²) in [6.07, 6.45) is 2.51. The predicted molar refractivity (Wildman–Crippen MR) is 108 cm³/mol. The fraction of sp³-hybridized carbons (Fsp3) is 0.381. The number of hydrogen-bond donors (Lipinski definition) is 1. The molecule has 2 heterocycles. The van der Waals surface area contributed by atoms with E-state index in [0.717, 1.165) is 18.4 Å². The second-order valence-electron chi connectivity index (χ2n) is 7.00. The largest absolute Gasteiger partial charge is 0.481 e. The standard InChI is InChI=1S/C21H24ClN3O3/c1-14-6-4-10-23-19(14)24-20(26)16-7-5-11-25(13-16)21(27)15(2)28-18-9-3-8-17(22)12-18/h3-4,6,8-10,12,15-16H,5,7,11,13H2,1-2H3,(H,23,24,26). The first kappa shape index (κ1) is 20.1. The van der Waals surface area contributed by atoms with Gasteiger partial charge in [-0.3, -0.25) is 9.59 Å². The van der Waals surface area contributed by atoms with E-state index in [4.69, 9.17) is 16.3 Å². The summed E-state index contributed by atoms with van der Waals surface area (Å²) in [5, 5.41) is 3.43. The van der Waals surface area contributed by atoms with Crippen LogP contribution in [0.5, 0.6) is 5.75 Å². The van der Waals surface area contributed by atoms with Gasteiger partial charge in [-0.15, -0.1) is 0 Å². The second-order valence-corrected chi connectivity index (χ2v) is 7.44. The number of amides is 2. The van der Waals surface area contributed by atoms with Crippen molar-refractivity contribution in [1.82, 2.24) is 9.88 Å². The van der Waals surface area contributed by atoms with Crippen LogP contribution in [0.3, 0.4) is 0 Å². The normalized spacial score (nSPS) is 17.7. The lowest BCUT2D eigenvalue weighted by Gasteiger charge is -2.33. The fourth-order valence-electron chi connectivity index (χ4n) is 3.28. The Morgan fingerprint density at radius 3 is 2.89 bits per heavy atom. The predicted octanol–water partition coefficient (Wildman–Crippen LogP) is 3.69. The SMILES string of the molecule is Cc1cccnc1NC(=O)C1CCCN(C(=O)C(C)Oc2cccc(Cl)c2)C1. The van der Waals surface area contributed by atoms with Gasteiger partial charge in [0.25, 0.3) is 5.91 Å². The van der Waals surface area contributed by atoms with E-state index in [-0.39, 0.29) is 17.7 Å². The lowest BCUT2D eigenvalue weighted by atomic mass is 9.96. The summed E-state index contributed by atoms with van der Waals surface area (Å²) in [6, 6.07) is 10.7. The van der Waals surface area contributed by atoms with Crippen LogP contribution < -0.4 is 10.1 Å². The molecule has 1 aromatic heterocycles. The molecule has 1 saturated heterocycles. The number of anilines is 1. The number of pyridine rings is 1. The molecule has 3 rings (SSSR count). The number of hydrogen-bond acceptors (Lipinski definition) is 4. The zero-order valence-electron chi connectivity index (χ0n) is 16.0. The third-order valence-electron chi connectivity index (χ3n) is 4.81. The molecule has 0 bridgehead atoms. The highest BCUT2D eigenvalue weighted by Gasteiger charge is 2.31. The fourth-order valence-corrected chi connectivity index (χ4v) is 3.46. The van der Waals surface area contributed by atoms with Crippen molar-refractivity contribution in [3.63, 3.8) is 0 Å². The van der Waals surface area contributed by atoms with Crippen molar-refractivity contribution in [3.05, 3.63) is 53.2 Å². The number of piperidine rings is 1. The van der Waals surface area contributed by atoms with Crippen molar-refractivity contribution in [2.45, 2.75) is 32.8 Å². The Kier molecular flexibility index (Phi) is 6.52. The Morgan fingerprint density at radius 1 is 1.32 bits per heavy atom. The van der Waals surface area contributed by atoms with Crippen molar-refractivity contribution in [3.8, 4) is 5.75 Å². The molecular weight excluding hydrogens is 378 g/mol. The summed E-state index contributed by atoms with van der Waals surface area (Å²) in [5.41, 5.74) is 0.906. The van der Waals surface area contributed by atoms with Crippen LogP contribution in [-0.2, 0) is 9.59 Å².